The van der Waals surface area contributed by atoms with E-state index in [-0.39, 0.29) is 5.91 Å². The second-order valence-electron chi connectivity index (χ2n) is 8.82. The summed E-state index contributed by atoms with van der Waals surface area (Å²) >= 11 is 0. The highest BCUT2D eigenvalue weighted by molar-refractivity contribution is 5.89. The predicted molar refractivity (Wildman–Crippen MR) is 136 cm³/mol. The summed E-state index contributed by atoms with van der Waals surface area (Å²) in [6, 6.07) is 13.6. The Morgan fingerprint density at radius 1 is 1.00 bits per heavy atom. The quantitative estimate of drug-likeness (QED) is 0.377. The minimum Gasteiger partial charge on any atom is -0.454 e. The van der Waals surface area contributed by atoms with Gasteiger partial charge < -0.3 is 30.0 Å². The van der Waals surface area contributed by atoms with Crippen molar-refractivity contribution in [1.82, 2.24) is 24.8 Å². The molecule has 1 amide bonds. The first-order chi connectivity index (χ1) is 17.6. The van der Waals surface area contributed by atoms with Gasteiger partial charge in [0.1, 0.15) is 11.8 Å². The third-order valence-electron chi connectivity index (χ3n) is 6.26. The first kappa shape index (κ1) is 22.1. The molecule has 2 aliphatic rings. The third kappa shape index (κ3) is 4.60. The highest BCUT2D eigenvalue weighted by Gasteiger charge is 2.22. The number of amides is 1. The number of hydrogen-bond acceptors (Lipinski definition) is 9. The summed E-state index contributed by atoms with van der Waals surface area (Å²) in [5, 5.41) is 6.08. The van der Waals surface area contributed by atoms with Crippen LogP contribution >= 0.6 is 0 Å². The van der Waals surface area contributed by atoms with Crippen molar-refractivity contribution in [2.75, 3.05) is 48.5 Å². The van der Waals surface area contributed by atoms with Gasteiger partial charge in [0.05, 0.1) is 0 Å². The van der Waals surface area contributed by atoms with E-state index in [1.54, 1.807) is 0 Å². The van der Waals surface area contributed by atoms with Crippen molar-refractivity contribution in [3.05, 3.63) is 54.4 Å². The summed E-state index contributed by atoms with van der Waals surface area (Å²) in [4.78, 5) is 32.8. The molecule has 11 heteroatoms. The molecule has 2 aromatic heterocycles. The fourth-order valence-corrected chi connectivity index (χ4v) is 4.45. The molecule has 0 bridgehead atoms. The Balaban J connectivity index is 1.11. The number of piperazine rings is 1. The van der Waals surface area contributed by atoms with Crippen LogP contribution in [-0.4, -0.2) is 63.7 Å². The Hall–Kier alpha value is -4.38. The largest absolute Gasteiger partial charge is 0.454 e. The van der Waals surface area contributed by atoms with Crippen molar-refractivity contribution in [3.63, 3.8) is 0 Å². The summed E-state index contributed by atoms with van der Waals surface area (Å²) in [6.07, 6.45) is 1.50. The van der Waals surface area contributed by atoms with E-state index in [4.69, 9.17) is 14.5 Å². The molecule has 6 rings (SSSR count). The van der Waals surface area contributed by atoms with Crippen molar-refractivity contribution in [3.8, 4) is 11.5 Å². The lowest BCUT2D eigenvalue weighted by Gasteiger charge is -2.34. The van der Waals surface area contributed by atoms with Crippen molar-refractivity contribution in [2.24, 2.45) is 0 Å². The van der Waals surface area contributed by atoms with Crippen LogP contribution < -0.4 is 25.0 Å². The van der Waals surface area contributed by atoms with Gasteiger partial charge in [0.25, 0.3) is 0 Å². The van der Waals surface area contributed by atoms with E-state index in [2.05, 4.69) is 47.5 Å². The number of carbonyl (C=O) groups is 1. The number of ether oxygens (including phenoxy) is 2. The number of anilines is 4. The number of hydrogen-bond donors (Lipinski definition) is 3. The summed E-state index contributed by atoms with van der Waals surface area (Å²) < 4.78 is 10.9. The molecule has 4 aromatic rings. The minimum atomic E-state index is -0.105. The average molecular weight is 487 g/mol. The number of H-pyrrole nitrogens is 1. The number of nitrogens with one attached hydrogen (secondary N) is 3. The summed E-state index contributed by atoms with van der Waals surface area (Å²) in [6.45, 7) is 6.19. The predicted octanol–water partition coefficient (Wildman–Crippen LogP) is 3.11. The zero-order valence-corrected chi connectivity index (χ0v) is 19.8. The zero-order valence-electron chi connectivity index (χ0n) is 19.8. The molecule has 0 radical (unpaired) electrons. The van der Waals surface area contributed by atoms with E-state index in [9.17, 15) is 4.79 Å². The molecule has 2 aromatic carbocycles. The van der Waals surface area contributed by atoms with Gasteiger partial charge in [-0.25, -0.2) is 9.97 Å². The number of aromatic amines is 1. The van der Waals surface area contributed by atoms with Crippen LogP contribution in [0, 0.1) is 0 Å². The Kier molecular flexibility index (Phi) is 5.74. The lowest BCUT2D eigenvalue weighted by atomic mass is 10.1. The van der Waals surface area contributed by atoms with Crippen molar-refractivity contribution < 1.29 is 14.3 Å². The summed E-state index contributed by atoms with van der Waals surface area (Å²) in [7, 11) is 0. The van der Waals surface area contributed by atoms with Crippen LogP contribution in [0.25, 0.3) is 11.2 Å². The third-order valence-corrected chi connectivity index (χ3v) is 6.26. The van der Waals surface area contributed by atoms with E-state index >= 15 is 0 Å². The monoisotopic (exact) mass is 486 g/mol. The van der Waals surface area contributed by atoms with Crippen LogP contribution in [0.3, 0.4) is 0 Å². The van der Waals surface area contributed by atoms with Crippen LogP contribution in [0.1, 0.15) is 12.5 Å². The molecule has 0 aliphatic carbocycles. The zero-order chi connectivity index (χ0) is 24.5. The molecule has 4 heterocycles. The molecule has 0 spiro atoms. The Bertz CT molecular complexity index is 1400. The van der Waals surface area contributed by atoms with Gasteiger partial charge >= 0.3 is 0 Å². The summed E-state index contributed by atoms with van der Waals surface area (Å²) in [5.41, 5.74) is 4.16. The molecule has 1 saturated heterocycles. The van der Waals surface area contributed by atoms with E-state index in [1.807, 2.05) is 30.3 Å². The van der Waals surface area contributed by atoms with E-state index in [0.29, 0.717) is 18.3 Å². The molecule has 2 aliphatic heterocycles. The minimum absolute atomic E-state index is 0.105. The van der Waals surface area contributed by atoms with Crippen LogP contribution in [-0.2, 0) is 11.3 Å². The molecule has 0 atom stereocenters. The molecule has 3 N–H and O–H groups in total. The molecule has 11 nitrogen and oxygen atoms in total. The van der Waals surface area contributed by atoms with Gasteiger partial charge in [-0.2, -0.15) is 4.98 Å². The van der Waals surface area contributed by atoms with E-state index in [1.165, 1.54) is 18.8 Å². The van der Waals surface area contributed by atoms with Gasteiger partial charge in [-0.1, -0.05) is 6.07 Å². The highest BCUT2D eigenvalue weighted by atomic mass is 16.7. The van der Waals surface area contributed by atoms with Crippen molar-refractivity contribution >= 4 is 40.2 Å². The van der Waals surface area contributed by atoms with Crippen molar-refractivity contribution in [2.45, 2.75) is 13.5 Å². The SMILES string of the molecule is CC(=O)Nc1ccc(Nc2ncnc3nc(N4CCN(Cc5ccc6c(c5)OCO6)CC4)[nH]c23)cc1. The first-order valence-electron chi connectivity index (χ1n) is 11.8. The molecule has 184 valence electrons. The maximum absolute atomic E-state index is 11.2. The van der Waals surface area contributed by atoms with Crippen LogP contribution in [0.2, 0.25) is 0 Å². The van der Waals surface area contributed by atoms with Gasteiger partial charge in [-0.3, -0.25) is 9.69 Å². The van der Waals surface area contributed by atoms with Crippen LogP contribution in [0.4, 0.5) is 23.1 Å². The fraction of sp³-hybridized carbons (Fsp3) is 0.280. The molecule has 0 saturated carbocycles. The number of rotatable bonds is 6. The maximum Gasteiger partial charge on any atom is 0.231 e. The lowest BCUT2D eigenvalue weighted by molar-refractivity contribution is -0.114. The lowest BCUT2D eigenvalue weighted by Crippen LogP contribution is -2.46. The average Bonchev–Trinajstić information content (AvgIpc) is 3.53. The van der Waals surface area contributed by atoms with E-state index in [0.717, 1.165) is 67.1 Å². The topological polar surface area (TPSA) is 121 Å². The van der Waals surface area contributed by atoms with Gasteiger partial charge in [0, 0.05) is 51.0 Å². The molecule has 1 fully saturated rings. The van der Waals surface area contributed by atoms with Gasteiger partial charge in [-0.05, 0) is 42.0 Å². The van der Waals surface area contributed by atoms with E-state index < -0.39 is 0 Å². The number of nitrogens with zero attached hydrogens (tertiary/aromatic N) is 5. The first-order valence-corrected chi connectivity index (χ1v) is 11.8. The van der Waals surface area contributed by atoms with Gasteiger partial charge in [0.15, 0.2) is 23.0 Å². The normalized spacial score (nSPS) is 15.3. The van der Waals surface area contributed by atoms with Crippen LogP contribution in [0.5, 0.6) is 11.5 Å². The number of aromatic nitrogens is 4. The highest BCUT2D eigenvalue weighted by Crippen LogP contribution is 2.33. The number of fused-ring (bicyclic) bond motifs is 2. The van der Waals surface area contributed by atoms with Crippen LogP contribution in [0.15, 0.2) is 48.8 Å². The second-order valence-corrected chi connectivity index (χ2v) is 8.82. The fourth-order valence-electron chi connectivity index (χ4n) is 4.45. The number of benzene rings is 2. The molecular weight excluding hydrogens is 460 g/mol. The Morgan fingerprint density at radius 3 is 2.58 bits per heavy atom. The second kappa shape index (κ2) is 9.34. The van der Waals surface area contributed by atoms with Gasteiger partial charge in [0.2, 0.25) is 18.6 Å². The maximum atomic E-state index is 11.2. The Morgan fingerprint density at radius 2 is 1.78 bits per heavy atom. The number of carbonyl (C=O) groups excluding carboxylic acids is 1. The Labute approximate surface area is 207 Å². The van der Waals surface area contributed by atoms with Gasteiger partial charge in [-0.15, -0.1) is 0 Å². The van der Waals surface area contributed by atoms with Crippen molar-refractivity contribution in [1.29, 1.82) is 0 Å². The summed E-state index contributed by atoms with van der Waals surface area (Å²) in [5.74, 6) is 2.96. The molecule has 36 heavy (non-hydrogen) atoms. The molecule has 0 unspecified atom stereocenters. The standard InChI is InChI=1S/C25H26N8O3/c1-16(34)28-18-3-5-19(6-4-18)29-23-22-24(27-14-26-23)31-25(30-22)33-10-8-32(9-11-33)13-17-2-7-20-21(12-17)36-15-35-20/h2-7,12,14H,8-11,13,15H2,1H3,(H,28,34)(H2,26,27,29,30,31). The molecular formula is C25H26N8O3. The number of imidazole rings is 1. The smallest absolute Gasteiger partial charge is 0.231 e.